The van der Waals surface area contributed by atoms with Crippen molar-refractivity contribution in [2.24, 2.45) is 5.10 Å². The zero-order chi connectivity index (χ0) is 12.8. The summed E-state index contributed by atoms with van der Waals surface area (Å²) in [6.45, 7) is 0. The van der Waals surface area contributed by atoms with Gasteiger partial charge >= 0.3 is 0 Å². The highest BCUT2D eigenvalue weighted by Crippen LogP contribution is 2.12. The van der Waals surface area contributed by atoms with Gasteiger partial charge in [-0.3, -0.25) is 4.79 Å². The third-order valence-corrected chi connectivity index (χ3v) is 2.34. The average Bonchev–Trinajstić information content (AvgIpc) is 2.42. The summed E-state index contributed by atoms with van der Waals surface area (Å²) in [6.07, 6.45) is 1.40. The molecule has 0 saturated heterocycles. The number of phenolic OH excluding ortho intramolecular Hbond substituents is 1. The van der Waals surface area contributed by atoms with E-state index in [-0.39, 0.29) is 11.7 Å². The monoisotopic (exact) mass is 240 g/mol. The molecule has 0 fully saturated rings. The molecule has 0 bridgehead atoms. The minimum Gasteiger partial charge on any atom is -0.507 e. The van der Waals surface area contributed by atoms with Gasteiger partial charge in [0.15, 0.2) is 0 Å². The Morgan fingerprint density at radius 2 is 1.72 bits per heavy atom. The summed E-state index contributed by atoms with van der Waals surface area (Å²) in [7, 11) is 0. The van der Waals surface area contributed by atoms with Gasteiger partial charge in [-0.1, -0.05) is 30.3 Å². The third-order valence-electron chi connectivity index (χ3n) is 2.34. The van der Waals surface area contributed by atoms with Gasteiger partial charge in [0.1, 0.15) is 5.75 Å². The molecule has 2 aromatic carbocycles. The number of rotatable bonds is 3. The van der Waals surface area contributed by atoms with Gasteiger partial charge in [0.05, 0.1) is 6.21 Å². The molecule has 4 heteroatoms. The van der Waals surface area contributed by atoms with Gasteiger partial charge in [-0.05, 0) is 24.3 Å². The minimum absolute atomic E-state index is 0.121. The molecule has 0 saturated carbocycles. The molecule has 0 aliphatic carbocycles. The molecule has 0 aliphatic rings. The maximum Gasteiger partial charge on any atom is 0.271 e. The second kappa shape index (κ2) is 5.63. The molecule has 2 aromatic rings. The zero-order valence-corrected chi connectivity index (χ0v) is 9.58. The van der Waals surface area contributed by atoms with Crippen molar-refractivity contribution in [3.63, 3.8) is 0 Å². The quantitative estimate of drug-likeness (QED) is 0.638. The van der Waals surface area contributed by atoms with Crippen LogP contribution in [0.15, 0.2) is 59.7 Å². The molecular weight excluding hydrogens is 228 g/mol. The van der Waals surface area contributed by atoms with E-state index in [2.05, 4.69) is 10.5 Å². The molecule has 0 aromatic heterocycles. The van der Waals surface area contributed by atoms with Gasteiger partial charge in [-0.2, -0.15) is 5.10 Å². The van der Waals surface area contributed by atoms with Crippen LogP contribution in [0.4, 0.5) is 0 Å². The fourth-order valence-electron chi connectivity index (χ4n) is 1.41. The van der Waals surface area contributed by atoms with Crippen LogP contribution in [0.3, 0.4) is 0 Å². The number of carbonyl (C=O) groups excluding carboxylic acids is 1. The molecule has 2 rings (SSSR count). The molecule has 1 amide bonds. The Balaban J connectivity index is 2.00. The van der Waals surface area contributed by atoms with Gasteiger partial charge in [-0.15, -0.1) is 0 Å². The fraction of sp³-hybridized carbons (Fsp3) is 0. The third kappa shape index (κ3) is 2.95. The summed E-state index contributed by atoms with van der Waals surface area (Å²) in [6, 6.07) is 15.5. The fourth-order valence-corrected chi connectivity index (χ4v) is 1.41. The first-order chi connectivity index (χ1) is 8.77. The number of benzene rings is 2. The van der Waals surface area contributed by atoms with E-state index in [1.807, 2.05) is 6.07 Å². The predicted octanol–water partition coefficient (Wildman–Crippen LogP) is 2.16. The van der Waals surface area contributed by atoms with Crippen LogP contribution in [-0.4, -0.2) is 17.2 Å². The number of amides is 1. The van der Waals surface area contributed by atoms with Crippen molar-refractivity contribution in [1.82, 2.24) is 5.43 Å². The van der Waals surface area contributed by atoms with Crippen molar-refractivity contribution in [2.45, 2.75) is 0 Å². The predicted molar refractivity (Wildman–Crippen MR) is 69.6 cm³/mol. The van der Waals surface area contributed by atoms with Crippen LogP contribution in [0.2, 0.25) is 0 Å². The molecule has 18 heavy (non-hydrogen) atoms. The van der Waals surface area contributed by atoms with Crippen molar-refractivity contribution < 1.29 is 9.90 Å². The molecular formula is C14H12N2O2. The van der Waals surface area contributed by atoms with E-state index in [4.69, 9.17) is 0 Å². The smallest absolute Gasteiger partial charge is 0.271 e. The van der Waals surface area contributed by atoms with E-state index in [1.54, 1.807) is 48.5 Å². The van der Waals surface area contributed by atoms with Crippen molar-refractivity contribution in [3.05, 3.63) is 65.7 Å². The van der Waals surface area contributed by atoms with Crippen molar-refractivity contribution in [1.29, 1.82) is 0 Å². The standard InChI is InChI=1S/C14H12N2O2/c17-13-9-5-4-8-12(13)10-15-16-14(18)11-6-2-1-3-7-11/h1-10,17H,(H,16,18)/b15-10+. The molecule has 0 spiro atoms. The van der Waals surface area contributed by atoms with Crippen LogP contribution in [0.1, 0.15) is 15.9 Å². The summed E-state index contributed by atoms with van der Waals surface area (Å²) in [5.41, 5.74) is 3.48. The Morgan fingerprint density at radius 3 is 2.44 bits per heavy atom. The Hall–Kier alpha value is -2.62. The number of hydrogen-bond acceptors (Lipinski definition) is 3. The number of nitrogens with zero attached hydrogens (tertiary/aromatic N) is 1. The first-order valence-corrected chi connectivity index (χ1v) is 5.44. The molecule has 0 aliphatic heterocycles. The lowest BCUT2D eigenvalue weighted by Crippen LogP contribution is -2.17. The second-order valence-electron chi connectivity index (χ2n) is 3.62. The number of para-hydroxylation sites is 1. The van der Waals surface area contributed by atoms with E-state index in [0.717, 1.165) is 0 Å². The van der Waals surface area contributed by atoms with Crippen LogP contribution >= 0.6 is 0 Å². The largest absolute Gasteiger partial charge is 0.507 e. The number of nitrogens with one attached hydrogen (secondary N) is 1. The SMILES string of the molecule is O=C(N/N=C/c1ccccc1O)c1ccccc1. The number of phenols is 1. The van der Waals surface area contributed by atoms with E-state index in [9.17, 15) is 9.90 Å². The van der Waals surface area contributed by atoms with E-state index in [0.29, 0.717) is 11.1 Å². The zero-order valence-electron chi connectivity index (χ0n) is 9.58. The summed E-state index contributed by atoms with van der Waals surface area (Å²) in [5, 5.41) is 13.3. The van der Waals surface area contributed by atoms with Gasteiger partial charge < -0.3 is 5.11 Å². The molecule has 4 nitrogen and oxygen atoms in total. The van der Waals surface area contributed by atoms with E-state index >= 15 is 0 Å². The molecule has 90 valence electrons. The van der Waals surface area contributed by atoms with Crippen LogP contribution in [0.25, 0.3) is 0 Å². The number of hydrazone groups is 1. The van der Waals surface area contributed by atoms with Crippen LogP contribution in [0.5, 0.6) is 5.75 Å². The minimum atomic E-state index is -0.290. The Bertz CT molecular complexity index is 565. The van der Waals surface area contributed by atoms with E-state index in [1.165, 1.54) is 6.21 Å². The van der Waals surface area contributed by atoms with Gasteiger partial charge in [-0.25, -0.2) is 5.43 Å². The Labute approximate surface area is 105 Å². The Morgan fingerprint density at radius 1 is 1.06 bits per heavy atom. The summed E-state index contributed by atoms with van der Waals surface area (Å²) in [4.78, 5) is 11.6. The molecule has 0 radical (unpaired) electrons. The maximum atomic E-state index is 11.6. The van der Waals surface area contributed by atoms with Gasteiger partial charge in [0.2, 0.25) is 0 Å². The highest BCUT2D eigenvalue weighted by atomic mass is 16.3. The van der Waals surface area contributed by atoms with E-state index < -0.39 is 0 Å². The first kappa shape index (κ1) is 11.9. The second-order valence-corrected chi connectivity index (χ2v) is 3.62. The highest BCUT2D eigenvalue weighted by Gasteiger charge is 2.01. The van der Waals surface area contributed by atoms with Crippen LogP contribution < -0.4 is 5.43 Å². The average molecular weight is 240 g/mol. The molecule has 0 unspecified atom stereocenters. The Kier molecular flexibility index (Phi) is 3.71. The summed E-state index contributed by atoms with van der Waals surface area (Å²) in [5.74, 6) is -0.169. The summed E-state index contributed by atoms with van der Waals surface area (Å²) >= 11 is 0. The lowest BCUT2D eigenvalue weighted by molar-refractivity contribution is 0.0955. The highest BCUT2D eigenvalue weighted by molar-refractivity contribution is 5.95. The van der Waals surface area contributed by atoms with Gasteiger partial charge in [0.25, 0.3) is 5.91 Å². The van der Waals surface area contributed by atoms with Gasteiger partial charge in [0, 0.05) is 11.1 Å². The molecule has 0 atom stereocenters. The lowest BCUT2D eigenvalue weighted by Gasteiger charge is -1.99. The van der Waals surface area contributed by atoms with Crippen molar-refractivity contribution in [2.75, 3.05) is 0 Å². The maximum absolute atomic E-state index is 11.6. The summed E-state index contributed by atoms with van der Waals surface area (Å²) < 4.78 is 0. The van der Waals surface area contributed by atoms with Crippen molar-refractivity contribution in [3.8, 4) is 5.75 Å². The number of carbonyl (C=O) groups is 1. The first-order valence-electron chi connectivity index (χ1n) is 5.44. The van der Waals surface area contributed by atoms with Crippen LogP contribution in [-0.2, 0) is 0 Å². The molecule has 0 heterocycles. The van der Waals surface area contributed by atoms with Crippen molar-refractivity contribution >= 4 is 12.1 Å². The van der Waals surface area contributed by atoms with Crippen LogP contribution in [0, 0.1) is 0 Å². The lowest BCUT2D eigenvalue weighted by atomic mass is 10.2. The molecule has 2 N–H and O–H groups in total. The number of hydrogen-bond donors (Lipinski definition) is 2. The normalized spacial score (nSPS) is 10.4. The topological polar surface area (TPSA) is 61.7 Å². The number of aromatic hydroxyl groups is 1.